The Hall–Kier alpha value is -2.07. The molecule has 3 nitrogen and oxygen atoms in total. The van der Waals surface area contributed by atoms with Crippen LogP contribution in [-0.4, -0.2) is 10.9 Å². The molecule has 3 rings (SSSR count). The van der Waals surface area contributed by atoms with E-state index in [-0.39, 0.29) is 11.9 Å². The van der Waals surface area contributed by atoms with E-state index in [0.717, 1.165) is 27.2 Å². The number of aryl methyl sites for hydroxylation is 3. The minimum atomic E-state index is -0.0137. The number of thiophene rings is 1. The highest BCUT2D eigenvalue weighted by Gasteiger charge is 2.21. The zero-order valence-corrected chi connectivity index (χ0v) is 14.1. The third-order valence-electron chi connectivity index (χ3n) is 4.17. The van der Waals surface area contributed by atoms with E-state index in [2.05, 4.69) is 17.2 Å². The van der Waals surface area contributed by atoms with Crippen molar-refractivity contribution in [2.45, 2.75) is 33.7 Å². The maximum atomic E-state index is 12.7. The van der Waals surface area contributed by atoms with E-state index in [1.54, 1.807) is 11.3 Å². The van der Waals surface area contributed by atoms with Crippen LogP contribution in [0.5, 0.6) is 0 Å². The maximum absolute atomic E-state index is 12.7. The molecule has 0 bridgehead atoms. The van der Waals surface area contributed by atoms with Crippen LogP contribution in [-0.2, 0) is 0 Å². The van der Waals surface area contributed by atoms with Crippen molar-refractivity contribution >= 4 is 27.5 Å². The molecule has 2 heterocycles. The summed E-state index contributed by atoms with van der Waals surface area (Å²) in [6.45, 7) is 8.16. The molecule has 0 unspecified atom stereocenters. The Morgan fingerprint density at radius 1 is 1.18 bits per heavy atom. The highest BCUT2D eigenvalue weighted by Crippen LogP contribution is 2.34. The molecule has 1 amide bonds. The van der Waals surface area contributed by atoms with E-state index in [1.165, 1.54) is 10.3 Å². The van der Waals surface area contributed by atoms with Crippen LogP contribution in [0.3, 0.4) is 0 Å². The van der Waals surface area contributed by atoms with Gasteiger partial charge in [0.1, 0.15) is 0 Å². The largest absolute Gasteiger partial charge is 0.357 e. The molecule has 0 spiro atoms. The van der Waals surface area contributed by atoms with Gasteiger partial charge in [0, 0.05) is 10.6 Å². The number of rotatable bonds is 3. The van der Waals surface area contributed by atoms with Crippen molar-refractivity contribution < 1.29 is 4.79 Å². The van der Waals surface area contributed by atoms with Crippen LogP contribution in [0.15, 0.2) is 30.3 Å². The Morgan fingerprint density at radius 3 is 2.55 bits per heavy atom. The fraction of sp³-hybridized carbons (Fsp3) is 0.278. The third kappa shape index (κ3) is 2.44. The van der Waals surface area contributed by atoms with Gasteiger partial charge in [0.25, 0.3) is 5.91 Å². The van der Waals surface area contributed by atoms with Crippen LogP contribution in [0, 0.1) is 20.8 Å². The van der Waals surface area contributed by atoms with Crippen molar-refractivity contribution in [1.82, 2.24) is 10.3 Å². The second-order valence-electron chi connectivity index (χ2n) is 5.72. The van der Waals surface area contributed by atoms with E-state index in [0.29, 0.717) is 0 Å². The van der Waals surface area contributed by atoms with Crippen LogP contribution in [0.1, 0.15) is 45.0 Å². The van der Waals surface area contributed by atoms with Crippen LogP contribution >= 0.6 is 11.3 Å². The lowest BCUT2D eigenvalue weighted by Gasteiger charge is -2.14. The molecule has 2 N–H and O–H groups in total. The normalized spacial score (nSPS) is 12.5. The van der Waals surface area contributed by atoms with E-state index in [9.17, 15) is 4.79 Å². The first-order valence-electron chi connectivity index (χ1n) is 7.43. The number of aromatic nitrogens is 1. The quantitative estimate of drug-likeness (QED) is 0.726. The number of aromatic amines is 1. The Morgan fingerprint density at radius 2 is 1.86 bits per heavy atom. The summed E-state index contributed by atoms with van der Waals surface area (Å²) in [6, 6.07) is 10.0. The number of fused-ring (bicyclic) bond motifs is 1. The molecule has 1 aromatic carbocycles. The topological polar surface area (TPSA) is 44.9 Å². The molecule has 0 fully saturated rings. The zero-order valence-electron chi connectivity index (χ0n) is 13.3. The molecule has 0 aliphatic carbocycles. The van der Waals surface area contributed by atoms with Crippen LogP contribution in [0.4, 0.5) is 0 Å². The monoisotopic (exact) mass is 312 g/mol. The van der Waals surface area contributed by atoms with Gasteiger partial charge in [-0.15, -0.1) is 11.3 Å². The summed E-state index contributed by atoms with van der Waals surface area (Å²) in [5.41, 5.74) is 5.22. The number of amides is 1. The first-order chi connectivity index (χ1) is 10.5. The third-order valence-corrected chi connectivity index (χ3v) is 5.40. The standard InChI is InChI=1S/C18H20N2OS/c1-10-11(2)19-16-15(13(4)22-17(10)16)18(21)20-12(3)14-8-6-5-7-9-14/h5-9,12,19H,1-4H3,(H,20,21)/t12-/m0/s1. The summed E-state index contributed by atoms with van der Waals surface area (Å²) in [7, 11) is 0. The van der Waals surface area contributed by atoms with Gasteiger partial charge >= 0.3 is 0 Å². The summed E-state index contributed by atoms with van der Waals surface area (Å²) >= 11 is 1.69. The molecule has 2 aromatic heterocycles. The van der Waals surface area contributed by atoms with Crippen molar-refractivity contribution in [1.29, 1.82) is 0 Å². The van der Waals surface area contributed by atoms with E-state index in [4.69, 9.17) is 0 Å². The Kier molecular flexibility index (Phi) is 3.79. The number of benzene rings is 1. The summed E-state index contributed by atoms with van der Waals surface area (Å²) in [5, 5.41) is 3.11. The maximum Gasteiger partial charge on any atom is 0.255 e. The summed E-state index contributed by atoms with van der Waals surface area (Å²) in [6.07, 6.45) is 0. The van der Waals surface area contributed by atoms with Gasteiger partial charge in [-0.3, -0.25) is 4.79 Å². The number of H-pyrrole nitrogens is 1. The molecule has 0 aliphatic heterocycles. The lowest BCUT2D eigenvalue weighted by Crippen LogP contribution is -2.27. The lowest BCUT2D eigenvalue weighted by molar-refractivity contribution is 0.0941. The van der Waals surface area contributed by atoms with E-state index < -0.39 is 0 Å². The Labute approximate surface area is 134 Å². The summed E-state index contributed by atoms with van der Waals surface area (Å²) < 4.78 is 1.19. The van der Waals surface area contributed by atoms with Crippen LogP contribution < -0.4 is 5.32 Å². The van der Waals surface area contributed by atoms with Crippen molar-refractivity contribution in [2.24, 2.45) is 0 Å². The molecule has 4 heteroatoms. The first kappa shape index (κ1) is 14.9. The van der Waals surface area contributed by atoms with Gasteiger partial charge in [0.05, 0.1) is 21.8 Å². The van der Waals surface area contributed by atoms with Gasteiger partial charge in [0.2, 0.25) is 0 Å². The second-order valence-corrected chi connectivity index (χ2v) is 6.94. The minimum absolute atomic E-state index is 0.0126. The molecule has 0 saturated carbocycles. The SMILES string of the molecule is Cc1[nH]c2c(C(=O)N[C@@H](C)c3ccccc3)c(C)sc2c1C. The van der Waals surface area contributed by atoms with Gasteiger partial charge in [-0.25, -0.2) is 0 Å². The predicted molar refractivity (Wildman–Crippen MR) is 92.7 cm³/mol. The predicted octanol–water partition coefficient (Wildman–Crippen LogP) is 4.65. The fourth-order valence-corrected chi connectivity index (χ4v) is 3.91. The second kappa shape index (κ2) is 5.61. The number of nitrogens with one attached hydrogen (secondary N) is 2. The van der Waals surface area contributed by atoms with Gasteiger partial charge in [-0.05, 0) is 38.8 Å². The van der Waals surface area contributed by atoms with Gasteiger partial charge in [-0.2, -0.15) is 0 Å². The molecular formula is C18H20N2OS. The molecule has 0 saturated heterocycles. The van der Waals surface area contributed by atoms with Gasteiger partial charge in [0.15, 0.2) is 0 Å². The molecule has 22 heavy (non-hydrogen) atoms. The molecule has 114 valence electrons. The highest BCUT2D eigenvalue weighted by atomic mass is 32.1. The number of hydrogen-bond donors (Lipinski definition) is 2. The van der Waals surface area contributed by atoms with Crippen molar-refractivity contribution in [3.63, 3.8) is 0 Å². The van der Waals surface area contributed by atoms with Crippen LogP contribution in [0.25, 0.3) is 10.2 Å². The van der Waals surface area contributed by atoms with Crippen molar-refractivity contribution in [3.05, 3.63) is 57.6 Å². The van der Waals surface area contributed by atoms with E-state index in [1.807, 2.05) is 51.1 Å². The van der Waals surface area contributed by atoms with Crippen LogP contribution in [0.2, 0.25) is 0 Å². The molecule has 0 radical (unpaired) electrons. The van der Waals surface area contributed by atoms with Crippen molar-refractivity contribution in [2.75, 3.05) is 0 Å². The number of hydrogen-bond acceptors (Lipinski definition) is 2. The average Bonchev–Trinajstić information content (AvgIpc) is 2.96. The zero-order chi connectivity index (χ0) is 15.9. The molecule has 3 aromatic rings. The fourth-order valence-electron chi connectivity index (χ4n) is 2.75. The van der Waals surface area contributed by atoms with Gasteiger partial charge in [-0.1, -0.05) is 30.3 Å². The molecular weight excluding hydrogens is 292 g/mol. The Balaban J connectivity index is 1.92. The minimum Gasteiger partial charge on any atom is -0.357 e. The Bertz CT molecular complexity index is 830. The summed E-state index contributed by atoms with van der Waals surface area (Å²) in [4.78, 5) is 17.1. The lowest BCUT2D eigenvalue weighted by atomic mass is 10.1. The van der Waals surface area contributed by atoms with E-state index >= 15 is 0 Å². The average molecular weight is 312 g/mol. The first-order valence-corrected chi connectivity index (χ1v) is 8.24. The molecule has 0 aliphatic rings. The van der Waals surface area contributed by atoms with Crippen molar-refractivity contribution in [3.8, 4) is 0 Å². The molecule has 1 atom stereocenters. The number of carbonyl (C=O) groups is 1. The smallest absolute Gasteiger partial charge is 0.255 e. The summed E-state index contributed by atoms with van der Waals surface area (Å²) in [5.74, 6) is -0.0126. The highest BCUT2D eigenvalue weighted by molar-refractivity contribution is 7.19. The number of carbonyl (C=O) groups excluding carboxylic acids is 1. The van der Waals surface area contributed by atoms with Gasteiger partial charge < -0.3 is 10.3 Å².